The highest BCUT2D eigenvalue weighted by molar-refractivity contribution is 5.72. The molecule has 110 valence electrons. The molecule has 0 aliphatic carbocycles. The normalized spacial score (nSPS) is 18.9. The molecule has 20 heavy (non-hydrogen) atoms. The van der Waals surface area contributed by atoms with Gasteiger partial charge in [0.1, 0.15) is 11.5 Å². The molecule has 0 saturated carbocycles. The van der Waals surface area contributed by atoms with Gasteiger partial charge in [-0.05, 0) is 31.2 Å². The predicted molar refractivity (Wildman–Crippen MR) is 74.9 cm³/mol. The maximum atomic E-state index is 11.5. The first kappa shape index (κ1) is 14.7. The van der Waals surface area contributed by atoms with Crippen molar-refractivity contribution in [2.24, 2.45) is 5.92 Å². The van der Waals surface area contributed by atoms with Crippen LogP contribution in [0.25, 0.3) is 0 Å². The second kappa shape index (κ2) is 6.61. The molecule has 1 aliphatic heterocycles. The minimum absolute atomic E-state index is 0.0170. The summed E-state index contributed by atoms with van der Waals surface area (Å²) in [5, 5.41) is 0. The Balaban J connectivity index is 2.05. The Morgan fingerprint density at radius 3 is 2.75 bits per heavy atom. The first-order valence-corrected chi connectivity index (χ1v) is 6.69. The number of methoxy groups -OCH3 is 3. The monoisotopic (exact) mass is 279 g/mol. The fourth-order valence-corrected chi connectivity index (χ4v) is 2.58. The van der Waals surface area contributed by atoms with Crippen LogP contribution in [-0.2, 0) is 16.1 Å². The number of carbonyl (C=O) groups excluding carboxylic acids is 1. The third kappa shape index (κ3) is 3.22. The Kier molecular flexibility index (Phi) is 4.84. The van der Waals surface area contributed by atoms with Crippen LogP contribution in [0, 0.1) is 5.92 Å². The lowest BCUT2D eigenvalue weighted by molar-refractivity contribution is -0.144. The van der Waals surface area contributed by atoms with Crippen LogP contribution >= 0.6 is 0 Å². The zero-order chi connectivity index (χ0) is 14.5. The molecule has 0 spiro atoms. The molecule has 0 amide bonds. The van der Waals surface area contributed by atoms with Gasteiger partial charge in [-0.25, -0.2) is 0 Å². The van der Waals surface area contributed by atoms with Crippen LogP contribution in [-0.4, -0.2) is 45.3 Å². The average molecular weight is 279 g/mol. The van der Waals surface area contributed by atoms with Crippen LogP contribution < -0.4 is 9.47 Å². The number of nitrogens with zero attached hydrogens (tertiary/aromatic N) is 1. The number of ether oxygens (including phenoxy) is 3. The lowest BCUT2D eigenvalue weighted by Gasteiger charge is -2.18. The molecular weight excluding hydrogens is 258 g/mol. The van der Waals surface area contributed by atoms with Gasteiger partial charge < -0.3 is 14.2 Å². The van der Waals surface area contributed by atoms with Gasteiger partial charge in [-0.15, -0.1) is 0 Å². The molecule has 1 aromatic carbocycles. The van der Waals surface area contributed by atoms with E-state index in [1.807, 2.05) is 18.2 Å². The van der Waals surface area contributed by atoms with E-state index >= 15 is 0 Å². The smallest absolute Gasteiger partial charge is 0.310 e. The molecule has 0 bridgehead atoms. The fourth-order valence-electron chi connectivity index (χ4n) is 2.58. The van der Waals surface area contributed by atoms with Crippen molar-refractivity contribution in [1.82, 2.24) is 4.90 Å². The molecule has 5 heteroatoms. The van der Waals surface area contributed by atoms with Crippen molar-refractivity contribution in [3.63, 3.8) is 0 Å². The molecule has 1 aromatic rings. The van der Waals surface area contributed by atoms with Crippen molar-refractivity contribution < 1.29 is 19.0 Å². The molecule has 0 radical (unpaired) electrons. The highest BCUT2D eigenvalue weighted by Gasteiger charge is 2.29. The summed E-state index contributed by atoms with van der Waals surface area (Å²) in [7, 11) is 4.75. The molecule has 1 heterocycles. The molecule has 0 aromatic heterocycles. The Morgan fingerprint density at radius 1 is 1.30 bits per heavy atom. The van der Waals surface area contributed by atoms with E-state index in [-0.39, 0.29) is 11.9 Å². The zero-order valence-corrected chi connectivity index (χ0v) is 12.2. The minimum Gasteiger partial charge on any atom is -0.497 e. The number of benzene rings is 1. The quantitative estimate of drug-likeness (QED) is 0.768. The van der Waals surface area contributed by atoms with E-state index < -0.39 is 0 Å². The van der Waals surface area contributed by atoms with Crippen molar-refractivity contribution in [3.8, 4) is 11.5 Å². The minimum atomic E-state index is -0.120. The molecule has 5 nitrogen and oxygen atoms in total. The summed E-state index contributed by atoms with van der Waals surface area (Å²) in [6.07, 6.45) is 0.846. The number of hydrogen-bond acceptors (Lipinski definition) is 5. The summed E-state index contributed by atoms with van der Waals surface area (Å²) >= 11 is 0. The zero-order valence-electron chi connectivity index (χ0n) is 12.2. The van der Waals surface area contributed by atoms with Crippen molar-refractivity contribution in [2.45, 2.75) is 13.0 Å². The van der Waals surface area contributed by atoms with Crippen LogP contribution in [0.3, 0.4) is 0 Å². The third-order valence-electron chi connectivity index (χ3n) is 3.69. The Labute approximate surface area is 119 Å². The summed E-state index contributed by atoms with van der Waals surface area (Å²) in [5.41, 5.74) is 1.07. The standard InChI is InChI=1S/C15H21NO4/c1-18-13-4-5-14(19-2)12(8-13)10-16-7-6-11(9-16)15(17)20-3/h4-5,8,11H,6-7,9-10H2,1-3H3. The van der Waals surface area contributed by atoms with Crippen molar-refractivity contribution in [2.75, 3.05) is 34.4 Å². The Hall–Kier alpha value is -1.75. The number of hydrogen-bond donors (Lipinski definition) is 0. The molecule has 2 rings (SSSR count). The van der Waals surface area contributed by atoms with Crippen LogP contribution in [0.5, 0.6) is 11.5 Å². The van der Waals surface area contributed by atoms with E-state index in [4.69, 9.17) is 14.2 Å². The number of likely N-dealkylation sites (tertiary alicyclic amines) is 1. The second-order valence-corrected chi connectivity index (χ2v) is 4.92. The van der Waals surface area contributed by atoms with Gasteiger partial charge in [-0.2, -0.15) is 0 Å². The van der Waals surface area contributed by atoms with Crippen LogP contribution in [0.1, 0.15) is 12.0 Å². The van der Waals surface area contributed by atoms with Gasteiger partial charge in [-0.3, -0.25) is 9.69 Å². The van der Waals surface area contributed by atoms with Gasteiger partial charge in [0.2, 0.25) is 0 Å². The van der Waals surface area contributed by atoms with Gasteiger partial charge in [0, 0.05) is 18.7 Å². The predicted octanol–water partition coefficient (Wildman–Crippen LogP) is 1.70. The van der Waals surface area contributed by atoms with E-state index in [2.05, 4.69) is 4.90 Å². The van der Waals surface area contributed by atoms with Crippen molar-refractivity contribution in [3.05, 3.63) is 23.8 Å². The number of carbonyl (C=O) groups is 1. The lowest BCUT2D eigenvalue weighted by Crippen LogP contribution is -2.23. The van der Waals surface area contributed by atoms with Gasteiger partial charge in [0.25, 0.3) is 0 Å². The third-order valence-corrected chi connectivity index (χ3v) is 3.69. The van der Waals surface area contributed by atoms with E-state index in [9.17, 15) is 4.79 Å². The largest absolute Gasteiger partial charge is 0.497 e. The van der Waals surface area contributed by atoms with E-state index in [1.165, 1.54) is 7.11 Å². The lowest BCUT2D eigenvalue weighted by atomic mass is 10.1. The van der Waals surface area contributed by atoms with Gasteiger partial charge in [0.05, 0.1) is 27.2 Å². The molecular formula is C15H21NO4. The molecule has 1 aliphatic rings. The van der Waals surface area contributed by atoms with Crippen molar-refractivity contribution in [1.29, 1.82) is 0 Å². The van der Waals surface area contributed by atoms with E-state index in [0.717, 1.165) is 43.1 Å². The Morgan fingerprint density at radius 2 is 2.10 bits per heavy atom. The summed E-state index contributed by atoms with van der Waals surface area (Å²) in [6, 6.07) is 5.76. The van der Waals surface area contributed by atoms with Crippen molar-refractivity contribution >= 4 is 5.97 Å². The summed E-state index contributed by atoms with van der Waals surface area (Å²) in [4.78, 5) is 13.8. The molecule has 0 N–H and O–H groups in total. The molecule has 1 atom stereocenters. The maximum Gasteiger partial charge on any atom is 0.310 e. The van der Waals surface area contributed by atoms with Crippen LogP contribution in [0.4, 0.5) is 0 Å². The number of rotatable bonds is 5. The topological polar surface area (TPSA) is 48.0 Å². The first-order chi connectivity index (χ1) is 9.67. The SMILES string of the molecule is COC(=O)C1CCN(Cc2cc(OC)ccc2OC)C1. The average Bonchev–Trinajstić information content (AvgIpc) is 2.94. The van der Waals surface area contributed by atoms with Crippen LogP contribution in [0.15, 0.2) is 18.2 Å². The molecule has 1 fully saturated rings. The second-order valence-electron chi connectivity index (χ2n) is 4.92. The van der Waals surface area contributed by atoms with Crippen LogP contribution in [0.2, 0.25) is 0 Å². The molecule has 1 saturated heterocycles. The number of esters is 1. The first-order valence-electron chi connectivity index (χ1n) is 6.69. The fraction of sp³-hybridized carbons (Fsp3) is 0.533. The highest BCUT2D eigenvalue weighted by Crippen LogP contribution is 2.27. The van der Waals surface area contributed by atoms with Gasteiger partial charge >= 0.3 is 5.97 Å². The summed E-state index contributed by atoms with van der Waals surface area (Å²) in [6.45, 7) is 2.36. The highest BCUT2D eigenvalue weighted by atomic mass is 16.5. The summed E-state index contributed by atoms with van der Waals surface area (Å²) < 4.78 is 15.4. The van der Waals surface area contributed by atoms with Gasteiger partial charge in [-0.1, -0.05) is 0 Å². The van der Waals surface area contributed by atoms with Gasteiger partial charge in [0.15, 0.2) is 0 Å². The molecule has 1 unspecified atom stereocenters. The van der Waals surface area contributed by atoms with E-state index in [0.29, 0.717) is 0 Å². The summed E-state index contributed by atoms with van der Waals surface area (Å²) in [5.74, 6) is 1.51. The maximum absolute atomic E-state index is 11.5. The Bertz CT molecular complexity index is 475. The van der Waals surface area contributed by atoms with E-state index in [1.54, 1.807) is 14.2 Å².